The van der Waals surface area contributed by atoms with Crippen molar-refractivity contribution in [3.8, 4) is 5.75 Å². The minimum atomic E-state index is -0.236. The number of ether oxygens (including phenoxy) is 1. The molecule has 0 bridgehead atoms. The van der Waals surface area contributed by atoms with Crippen LogP contribution in [0.5, 0.6) is 5.75 Å². The number of nitrogens with zero attached hydrogens (tertiary/aromatic N) is 3. The fourth-order valence-corrected chi connectivity index (χ4v) is 4.27. The summed E-state index contributed by atoms with van der Waals surface area (Å²) in [7, 11) is 0. The third-order valence-electron chi connectivity index (χ3n) is 6.03. The van der Waals surface area contributed by atoms with E-state index < -0.39 is 0 Å². The van der Waals surface area contributed by atoms with Gasteiger partial charge in [0.2, 0.25) is 0 Å². The maximum atomic E-state index is 13.0. The van der Waals surface area contributed by atoms with Gasteiger partial charge in [-0.15, -0.1) is 0 Å². The van der Waals surface area contributed by atoms with Crippen LogP contribution in [0.3, 0.4) is 0 Å². The first kappa shape index (κ1) is 18.4. The zero-order chi connectivity index (χ0) is 19.0. The van der Waals surface area contributed by atoms with Gasteiger partial charge in [-0.3, -0.25) is 9.36 Å². The topological polar surface area (TPSA) is 59.4 Å². The molecule has 6 nitrogen and oxygen atoms in total. The lowest BCUT2D eigenvalue weighted by atomic mass is 9.89. The highest BCUT2D eigenvalue weighted by atomic mass is 16.5. The molecule has 1 atom stereocenters. The highest BCUT2D eigenvalue weighted by molar-refractivity contribution is 5.84. The van der Waals surface area contributed by atoms with Gasteiger partial charge in [0, 0.05) is 45.0 Å². The number of hydrogen-bond donors (Lipinski definition) is 1. The summed E-state index contributed by atoms with van der Waals surface area (Å²) in [5.41, 5.74) is 2.30. The predicted octanol–water partition coefficient (Wildman–Crippen LogP) is 2.10. The van der Waals surface area contributed by atoms with Crippen molar-refractivity contribution in [2.75, 3.05) is 32.7 Å². The van der Waals surface area contributed by atoms with E-state index in [0.29, 0.717) is 6.54 Å². The van der Waals surface area contributed by atoms with Crippen molar-refractivity contribution in [1.29, 1.82) is 0 Å². The molecule has 0 amide bonds. The van der Waals surface area contributed by atoms with Crippen LogP contribution in [0.15, 0.2) is 16.9 Å². The van der Waals surface area contributed by atoms with Gasteiger partial charge in [-0.05, 0) is 52.2 Å². The second-order valence-corrected chi connectivity index (χ2v) is 8.07. The fraction of sp³-hybridized carbons (Fsp3) is 0.619. The monoisotopic (exact) mass is 370 g/mol. The summed E-state index contributed by atoms with van der Waals surface area (Å²) >= 11 is 0. The van der Waals surface area contributed by atoms with E-state index >= 15 is 0 Å². The van der Waals surface area contributed by atoms with Crippen LogP contribution in [-0.2, 0) is 13.0 Å². The van der Waals surface area contributed by atoms with Crippen molar-refractivity contribution in [2.45, 2.75) is 52.2 Å². The molecule has 0 spiro atoms. The van der Waals surface area contributed by atoms with E-state index in [4.69, 9.17) is 4.74 Å². The van der Waals surface area contributed by atoms with Crippen molar-refractivity contribution >= 4 is 11.0 Å². The zero-order valence-corrected chi connectivity index (χ0v) is 16.7. The Labute approximate surface area is 160 Å². The Morgan fingerprint density at radius 1 is 1.30 bits per heavy atom. The summed E-state index contributed by atoms with van der Waals surface area (Å²) in [5.74, 6) is 0.765. The first-order chi connectivity index (χ1) is 13.0. The molecule has 1 N–H and O–H groups in total. The molecule has 4 rings (SSSR count). The molecule has 1 unspecified atom stereocenters. The number of rotatable bonds is 4. The molecule has 0 radical (unpaired) electrons. The minimum absolute atomic E-state index is 0.0576. The Morgan fingerprint density at radius 2 is 2.07 bits per heavy atom. The van der Waals surface area contributed by atoms with E-state index in [-0.39, 0.29) is 11.2 Å². The van der Waals surface area contributed by atoms with Crippen LogP contribution >= 0.6 is 0 Å². The Kier molecular flexibility index (Phi) is 4.95. The number of fused-ring (bicyclic) bond motifs is 3. The molecule has 0 aliphatic carbocycles. The summed E-state index contributed by atoms with van der Waals surface area (Å²) in [6.45, 7) is 12.1. The Hall–Kier alpha value is -1.92. The average Bonchev–Trinajstić information content (AvgIpc) is 2.67. The summed E-state index contributed by atoms with van der Waals surface area (Å²) in [6, 6.07) is 4.06. The molecule has 2 aliphatic rings. The summed E-state index contributed by atoms with van der Waals surface area (Å²) < 4.78 is 8.33. The predicted molar refractivity (Wildman–Crippen MR) is 108 cm³/mol. The molecule has 146 valence electrons. The number of pyridine rings is 2. The Balaban J connectivity index is 1.67. The molecule has 27 heavy (non-hydrogen) atoms. The molecule has 2 aliphatic heterocycles. The SMILES string of the molecule is CCn1c(=O)c2c(c3ccc(C)nc31)OC(C)(CCN1CCNCC1)CC2. The van der Waals surface area contributed by atoms with Gasteiger partial charge in [0.15, 0.2) is 0 Å². The maximum absolute atomic E-state index is 13.0. The standard InChI is InChI=1S/C21H30N4O2/c1-4-25-19-16(6-5-15(2)23-19)18-17(20(25)26)7-8-21(3,27-18)9-12-24-13-10-22-11-14-24/h5-6,22H,4,7-14H2,1-3H3. The number of nitrogens with one attached hydrogen (secondary N) is 1. The molecule has 1 saturated heterocycles. The van der Waals surface area contributed by atoms with E-state index in [1.807, 2.05) is 19.9 Å². The Bertz CT molecular complexity index is 901. The largest absolute Gasteiger partial charge is 0.486 e. The summed E-state index contributed by atoms with van der Waals surface area (Å²) in [4.78, 5) is 20.2. The quantitative estimate of drug-likeness (QED) is 0.893. The highest BCUT2D eigenvalue weighted by Crippen LogP contribution is 2.38. The molecular formula is C21H30N4O2. The molecule has 0 aromatic carbocycles. The molecular weight excluding hydrogens is 340 g/mol. The van der Waals surface area contributed by atoms with Crippen molar-refractivity contribution < 1.29 is 4.74 Å². The van der Waals surface area contributed by atoms with Crippen molar-refractivity contribution in [2.24, 2.45) is 0 Å². The van der Waals surface area contributed by atoms with E-state index in [9.17, 15) is 4.79 Å². The van der Waals surface area contributed by atoms with E-state index in [2.05, 4.69) is 28.2 Å². The molecule has 2 aromatic heterocycles. The third-order valence-corrected chi connectivity index (χ3v) is 6.03. The van der Waals surface area contributed by atoms with Crippen molar-refractivity contribution in [3.05, 3.63) is 33.7 Å². The van der Waals surface area contributed by atoms with E-state index in [0.717, 1.165) is 80.0 Å². The van der Waals surface area contributed by atoms with Gasteiger partial charge in [-0.2, -0.15) is 0 Å². The lowest BCUT2D eigenvalue weighted by molar-refractivity contribution is 0.0443. The fourth-order valence-electron chi connectivity index (χ4n) is 4.27. The van der Waals surface area contributed by atoms with Gasteiger partial charge in [0.25, 0.3) is 5.56 Å². The molecule has 2 aromatic rings. The molecule has 6 heteroatoms. The normalized spacial score (nSPS) is 23.2. The van der Waals surface area contributed by atoms with Gasteiger partial charge >= 0.3 is 0 Å². The molecule has 1 fully saturated rings. The van der Waals surface area contributed by atoms with Crippen LogP contribution < -0.4 is 15.6 Å². The Morgan fingerprint density at radius 3 is 2.81 bits per heavy atom. The van der Waals surface area contributed by atoms with Crippen molar-refractivity contribution in [3.63, 3.8) is 0 Å². The smallest absolute Gasteiger partial charge is 0.259 e. The average molecular weight is 370 g/mol. The van der Waals surface area contributed by atoms with Gasteiger partial charge in [-0.1, -0.05) is 0 Å². The second-order valence-electron chi connectivity index (χ2n) is 8.07. The summed E-state index contributed by atoms with van der Waals surface area (Å²) in [6.07, 6.45) is 2.63. The first-order valence-electron chi connectivity index (χ1n) is 10.2. The van der Waals surface area contributed by atoms with E-state index in [1.165, 1.54) is 0 Å². The zero-order valence-electron chi connectivity index (χ0n) is 16.7. The third kappa shape index (κ3) is 3.48. The first-order valence-corrected chi connectivity index (χ1v) is 10.2. The molecule has 4 heterocycles. The van der Waals surface area contributed by atoms with Gasteiger partial charge in [-0.25, -0.2) is 4.98 Å². The number of aryl methyl sites for hydroxylation is 2. The highest BCUT2D eigenvalue weighted by Gasteiger charge is 2.35. The van der Waals surface area contributed by atoms with Crippen LogP contribution in [0.2, 0.25) is 0 Å². The van der Waals surface area contributed by atoms with Crippen LogP contribution in [0.1, 0.15) is 37.9 Å². The maximum Gasteiger partial charge on any atom is 0.259 e. The summed E-state index contributed by atoms with van der Waals surface area (Å²) in [5, 5.41) is 4.36. The minimum Gasteiger partial charge on any atom is -0.486 e. The van der Waals surface area contributed by atoms with Crippen LogP contribution in [0, 0.1) is 6.92 Å². The van der Waals surface area contributed by atoms with Crippen LogP contribution in [0.4, 0.5) is 0 Å². The van der Waals surface area contributed by atoms with Crippen LogP contribution in [0.25, 0.3) is 11.0 Å². The lowest BCUT2D eigenvalue weighted by Gasteiger charge is -2.38. The molecule has 0 saturated carbocycles. The van der Waals surface area contributed by atoms with Gasteiger partial charge in [0.1, 0.15) is 17.0 Å². The number of hydrogen-bond acceptors (Lipinski definition) is 5. The van der Waals surface area contributed by atoms with Gasteiger partial charge < -0.3 is 15.0 Å². The van der Waals surface area contributed by atoms with Crippen molar-refractivity contribution in [1.82, 2.24) is 19.8 Å². The lowest BCUT2D eigenvalue weighted by Crippen LogP contribution is -2.47. The van der Waals surface area contributed by atoms with Gasteiger partial charge in [0.05, 0.1) is 10.9 Å². The second kappa shape index (κ2) is 7.24. The van der Waals surface area contributed by atoms with Crippen LogP contribution in [-0.4, -0.2) is 52.8 Å². The van der Waals surface area contributed by atoms with E-state index in [1.54, 1.807) is 4.57 Å². The number of piperazine rings is 1. The number of aromatic nitrogens is 2.